The maximum Gasteiger partial charge on any atom is 0.311 e. The van der Waals surface area contributed by atoms with Crippen molar-refractivity contribution < 1.29 is 19.0 Å². The highest BCUT2D eigenvalue weighted by Crippen LogP contribution is 2.32. The van der Waals surface area contributed by atoms with Crippen molar-refractivity contribution in [3.8, 4) is 11.5 Å². The van der Waals surface area contributed by atoms with Gasteiger partial charge in [-0.2, -0.15) is 0 Å². The van der Waals surface area contributed by atoms with Gasteiger partial charge in [-0.25, -0.2) is 0 Å². The summed E-state index contributed by atoms with van der Waals surface area (Å²) in [6, 6.07) is 7.69. The number of ether oxygens (including phenoxy) is 3. The van der Waals surface area contributed by atoms with E-state index in [1.165, 1.54) is 11.3 Å². The molecule has 0 bridgehead atoms. The summed E-state index contributed by atoms with van der Waals surface area (Å²) in [5.74, 6) is 1.46. The molecular formula is C23H35N3O4S2. The number of anilines is 1. The number of carbonyl (C=O) groups is 1. The molecular weight excluding hydrogens is 446 g/mol. The lowest BCUT2D eigenvalue weighted by molar-refractivity contribution is -0.153. The predicted octanol–water partition coefficient (Wildman–Crippen LogP) is 5.95. The van der Waals surface area contributed by atoms with Crippen LogP contribution in [-0.2, 0) is 9.53 Å². The first kappa shape index (κ1) is 26.3. The average molecular weight is 482 g/mol. The summed E-state index contributed by atoms with van der Waals surface area (Å²) in [5, 5.41) is 8.42. The average Bonchev–Trinajstić information content (AvgIpc) is 3.17. The van der Waals surface area contributed by atoms with Crippen molar-refractivity contribution in [1.82, 2.24) is 10.2 Å². The van der Waals surface area contributed by atoms with Crippen LogP contribution in [0.1, 0.15) is 66.2 Å². The highest BCUT2D eigenvalue weighted by atomic mass is 32.2. The molecule has 1 atom stereocenters. The van der Waals surface area contributed by atoms with Crippen LogP contribution < -0.4 is 15.2 Å². The predicted molar refractivity (Wildman–Crippen MR) is 130 cm³/mol. The summed E-state index contributed by atoms with van der Waals surface area (Å²) in [4.78, 5) is 11.9. The summed E-state index contributed by atoms with van der Waals surface area (Å²) < 4.78 is 18.0. The van der Waals surface area contributed by atoms with Crippen molar-refractivity contribution in [3.05, 3.63) is 24.3 Å². The maximum atomic E-state index is 11.9. The van der Waals surface area contributed by atoms with E-state index in [0.717, 1.165) is 54.4 Å². The van der Waals surface area contributed by atoms with Crippen molar-refractivity contribution in [2.24, 2.45) is 5.41 Å². The molecule has 0 amide bonds. The maximum absolute atomic E-state index is 11.9. The second-order valence-electron chi connectivity index (χ2n) is 8.10. The molecule has 0 fully saturated rings. The summed E-state index contributed by atoms with van der Waals surface area (Å²) in [6.45, 7) is 8.87. The number of unbranched alkanes of at least 4 members (excludes halogenated alkanes) is 2. The number of carbonyl (C=O) groups excluding carboxylic acids is 1. The van der Waals surface area contributed by atoms with Crippen LogP contribution in [0.25, 0.3) is 0 Å². The van der Waals surface area contributed by atoms with E-state index >= 15 is 0 Å². The van der Waals surface area contributed by atoms with Crippen LogP contribution in [-0.4, -0.2) is 34.8 Å². The van der Waals surface area contributed by atoms with Crippen LogP contribution in [0.15, 0.2) is 28.6 Å². The number of benzene rings is 1. The Morgan fingerprint density at radius 2 is 1.84 bits per heavy atom. The molecule has 1 aromatic carbocycles. The van der Waals surface area contributed by atoms with E-state index in [1.54, 1.807) is 11.8 Å². The van der Waals surface area contributed by atoms with Gasteiger partial charge in [-0.05, 0) is 88.9 Å². The third-order valence-electron chi connectivity index (χ3n) is 4.83. The fourth-order valence-corrected chi connectivity index (χ4v) is 4.82. The first-order chi connectivity index (χ1) is 15.3. The molecule has 0 saturated heterocycles. The van der Waals surface area contributed by atoms with Crippen LogP contribution in [0.3, 0.4) is 0 Å². The number of nitrogens with zero attached hydrogens (tertiary/aromatic N) is 2. The van der Waals surface area contributed by atoms with E-state index in [9.17, 15) is 4.79 Å². The Hall–Kier alpha value is -2.00. The SMILES string of the molecule is CCCCC(Oc1ccc(OCCCCC(C)(C)C(=O)OCC)cc1)Sc1nnc(N)s1. The van der Waals surface area contributed by atoms with Gasteiger partial charge in [-0.1, -0.05) is 24.7 Å². The number of thioether (sulfide) groups is 1. The minimum Gasteiger partial charge on any atom is -0.494 e. The molecule has 32 heavy (non-hydrogen) atoms. The second kappa shape index (κ2) is 13.5. The lowest BCUT2D eigenvalue weighted by Crippen LogP contribution is -2.26. The summed E-state index contributed by atoms with van der Waals surface area (Å²) in [5.41, 5.74) is 5.18. The minimum absolute atomic E-state index is 0.0446. The molecule has 0 radical (unpaired) electrons. The smallest absolute Gasteiger partial charge is 0.311 e. The van der Waals surface area contributed by atoms with Gasteiger partial charge in [-0.3, -0.25) is 4.79 Å². The molecule has 9 heteroatoms. The van der Waals surface area contributed by atoms with Crippen molar-refractivity contribution in [3.63, 3.8) is 0 Å². The van der Waals surface area contributed by atoms with Gasteiger partial charge >= 0.3 is 5.97 Å². The van der Waals surface area contributed by atoms with E-state index in [0.29, 0.717) is 18.3 Å². The zero-order valence-corrected chi connectivity index (χ0v) is 21.1. The molecule has 178 valence electrons. The van der Waals surface area contributed by atoms with Gasteiger partial charge in [0.15, 0.2) is 9.78 Å². The quantitative estimate of drug-likeness (QED) is 0.144. The Bertz CT molecular complexity index is 812. The van der Waals surface area contributed by atoms with E-state index in [2.05, 4.69) is 17.1 Å². The summed E-state index contributed by atoms with van der Waals surface area (Å²) in [7, 11) is 0. The second-order valence-corrected chi connectivity index (χ2v) is 10.5. The van der Waals surface area contributed by atoms with E-state index in [-0.39, 0.29) is 11.4 Å². The molecule has 7 nitrogen and oxygen atoms in total. The van der Waals surface area contributed by atoms with E-state index < -0.39 is 5.41 Å². The van der Waals surface area contributed by atoms with Gasteiger partial charge in [-0.15, -0.1) is 10.2 Å². The lowest BCUT2D eigenvalue weighted by atomic mass is 9.87. The third-order valence-corrected chi connectivity index (χ3v) is 6.80. The summed E-state index contributed by atoms with van der Waals surface area (Å²) in [6.07, 6.45) is 5.64. The molecule has 0 aliphatic heterocycles. The monoisotopic (exact) mass is 481 g/mol. The van der Waals surface area contributed by atoms with Gasteiger partial charge in [0.05, 0.1) is 18.6 Å². The highest BCUT2D eigenvalue weighted by molar-refractivity contribution is 8.01. The highest BCUT2D eigenvalue weighted by Gasteiger charge is 2.28. The molecule has 2 rings (SSSR count). The Morgan fingerprint density at radius 1 is 1.12 bits per heavy atom. The Labute approximate surface area is 199 Å². The molecule has 2 aromatic rings. The van der Waals surface area contributed by atoms with Crippen molar-refractivity contribution in [2.75, 3.05) is 18.9 Å². The molecule has 1 aromatic heterocycles. The number of nitrogen functional groups attached to an aromatic ring is 1. The largest absolute Gasteiger partial charge is 0.494 e. The van der Waals surface area contributed by atoms with Gasteiger partial charge in [0.2, 0.25) is 5.13 Å². The zero-order chi connectivity index (χ0) is 23.4. The first-order valence-corrected chi connectivity index (χ1v) is 12.9. The van der Waals surface area contributed by atoms with Gasteiger partial charge < -0.3 is 19.9 Å². The lowest BCUT2D eigenvalue weighted by Gasteiger charge is -2.22. The Balaban J connectivity index is 1.77. The number of hydrogen-bond donors (Lipinski definition) is 1. The fourth-order valence-electron chi connectivity index (χ4n) is 2.95. The fraction of sp³-hybridized carbons (Fsp3) is 0.609. The van der Waals surface area contributed by atoms with Crippen molar-refractivity contribution >= 4 is 34.2 Å². The van der Waals surface area contributed by atoms with Gasteiger partial charge in [0, 0.05) is 0 Å². The van der Waals surface area contributed by atoms with Crippen LogP contribution in [0, 0.1) is 5.41 Å². The Kier molecular flexibility index (Phi) is 11.1. The topological polar surface area (TPSA) is 96.6 Å². The molecule has 0 aliphatic carbocycles. The summed E-state index contributed by atoms with van der Waals surface area (Å²) >= 11 is 2.93. The van der Waals surface area contributed by atoms with Gasteiger partial charge in [0.25, 0.3) is 0 Å². The van der Waals surface area contributed by atoms with E-state index in [1.807, 2.05) is 45.0 Å². The van der Waals surface area contributed by atoms with Crippen molar-refractivity contribution in [1.29, 1.82) is 0 Å². The third kappa shape index (κ3) is 9.24. The standard InChI is InChI=1S/C23H35N3O4S2/c1-5-7-10-19(31-22-26-25-21(24)32-22)30-18-13-11-17(12-14-18)29-16-9-8-15-23(3,4)20(27)28-6-2/h11-14,19H,5-10,15-16H2,1-4H3,(H2,24,25). The zero-order valence-electron chi connectivity index (χ0n) is 19.5. The normalized spacial score (nSPS) is 12.4. The molecule has 2 N–H and O–H groups in total. The number of esters is 1. The number of rotatable bonds is 15. The molecule has 0 aliphatic rings. The van der Waals surface area contributed by atoms with Crippen LogP contribution in [0.5, 0.6) is 11.5 Å². The first-order valence-electron chi connectivity index (χ1n) is 11.2. The van der Waals surface area contributed by atoms with Crippen LogP contribution >= 0.6 is 23.1 Å². The van der Waals surface area contributed by atoms with Crippen LogP contribution in [0.4, 0.5) is 5.13 Å². The minimum atomic E-state index is -0.457. The van der Waals surface area contributed by atoms with Gasteiger partial charge in [0.1, 0.15) is 11.5 Å². The molecule has 0 saturated carbocycles. The van der Waals surface area contributed by atoms with E-state index in [4.69, 9.17) is 19.9 Å². The number of aromatic nitrogens is 2. The number of nitrogens with two attached hydrogens (primary N) is 1. The molecule has 1 unspecified atom stereocenters. The Morgan fingerprint density at radius 3 is 2.47 bits per heavy atom. The van der Waals surface area contributed by atoms with Crippen molar-refractivity contribution in [2.45, 2.75) is 76.0 Å². The molecule has 0 spiro atoms. The van der Waals surface area contributed by atoms with Crippen LogP contribution in [0.2, 0.25) is 0 Å². The molecule has 1 heterocycles. The number of hydrogen-bond acceptors (Lipinski definition) is 9.